The fraction of sp³-hybridized carbons (Fsp3) is 0.226. The maximum Gasteiger partial charge on any atom is 0.335 e. The van der Waals surface area contributed by atoms with Crippen molar-refractivity contribution in [1.82, 2.24) is 9.97 Å². The maximum absolute atomic E-state index is 14.1. The Balaban J connectivity index is 1.43. The number of urea groups is 1. The van der Waals surface area contributed by atoms with Crippen LogP contribution in [-0.4, -0.2) is 41.6 Å². The van der Waals surface area contributed by atoms with Gasteiger partial charge in [0.05, 0.1) is 30.7 Å². The lowest BCUT2D eigenvalue weighted by molar-refractivity contribution is -0.119. The number of carbonyl (C=O) groups excluding carboxylic acids is 2. The van der Waals surface area contributed by atoms with Gasteiger partial charge in [0.25, 0.3) is 5.91 Å². The molecule has 6 rings (SSSR count). The van der Waals surface area contributed by atoms with E-state index >= 15 is 0 Å². The number of methoxy groups -OCH3 is 1. The monoisotopic (exact) mass is 549 g/mol. The standard InChI is InChI=1S/C31H31N7O3/c1-41-24-16-14-22(15-17-24)36-20-21-19-33-30(35-28(21)37(31(36)40)23-9-3-2-4-10-23)38-27-13-6-5-11-25(27)34-26(29(38)39)12-7-8-18-32/h2-6,9-11,13-17,19,26,34H,7-8,12,18,20,32H2,1H3. The summed E-state index contributed by atoms with van der Waals surface area (Å²) in [5.74, 6) is 1.22. The molecule has 0 radical (unpaired) electrons. The van der Waals surface area contributed by atoms with Gasteiger partial charge in [0.1, 0.15) is 11.8 Å². The van der Waals surface area contributed by atoms with Crippen LogP contribution in [0.25, 0.3) is 0 Å². The number of unbranched alkanes of at least 4 members (excludes halogenated alkanes) is 1. The van der Waals surface area contributed by atoms with Gasteiger partial charge in [-0.15, -0.1) is 0 Å². The van der Waals surface area contributed by atoms with Crippen LogP contribution >= 0.6 is 0 Å². The molecular weight excluding hydrogens is 518 g/mol. The first-order chi connectivity index (χ1) is 20.1. The third-order valence-electron chi connectivity index (χ3n) is 7.33. The Hall–Kier alpha value is -4.96. The van der Waals surface area contributed by atoms with Gasteiger partial charge in [-0.05, 0) is 74.3 Å². The molecule has 2 aliphatic rings. The molecule has 41 heavy (non-hydrogen) atoms. The van der Waals surface area contributed by atoms with E-state index in [-0.39, 0.29) is 24.4 Å². The number of nitrogens with zero attached hydrogens (tertiary/aromatic N) is 5. The van der Waals surface area contributed by atoms with Crippen molar-refractivity contribution < 1.29 is 14.3 Å². The maximum atomic E-state index is 14.1. The highest BCUT2D eigenvalue weighted by molar-refractivity contribution is 6.11. The number of amides is 3. The van der Waals surface area contributed by atoms with Crippen LogP contribution in [0.5, 0.6) is 5.75 Å². The molecule has 1 atom stereocenters. The average molecular weight is 550 g/mol. The summed E-state index contributed by atoms with van der Waals surface area (Å²) in [5, 5.41) is 3.37. The number of hydrogen-bond donors (Lipinski definition) is 2. The number of nitrogens with one attached hydrogen (secondary N) is 1. The summed E-state index contributed by atoms with van der Waals surface area (Å²) in [6.07, 6.45) is 3.99. The molecule has 10 nitrogen and oxygen atoms in total. The molecule has 0 aliphatic carbocycles. The highest BCUT2D eigenvalue weighted by Crippen LogP contribution is 2.40. The second kappa shape index (κ2) is 11.3. The van der Waals surface area contributed by atoms with Crippen molar-refractivity contribution in [3.8, 4) is 5.75 Å². The minimum Gasteiger partial charge on any atom is -0.497 e. The summed E-state index contributed by atoms with van der Waals surface area (Å²) < 4.78 is 5.29. The van der Waals surface area contributed by atoms with E-state index < -0.39 is 6.04 Å². The zero-order valence-corrected chi connectivity index (χ0v) is 22.7. The molecule has 1 aromatic heterocycles. The second-order valence-corrected chi connectivity index (χ2v) is 9.93. The third-order valence-corrected chi connectivity index (χ3v) is 7.33. The lowest BCUT2D eigenvalue weighted by atomic mass is 10.0. The highest BCUT2D eigenvalue weighted by atomic mass is 16.5. The van der Waals surface area contributed by atoms with Crippen LogP contribution in [0, 0.1) is 0 Å². The Morgan fingerprint density at radius 2 is 1.68 bits per heavy atom. The quantitative estimate of drug-likeness (QED) is 0.285. The van der Waals surface area contributed by atoms with Gasteiger partial charge in [-0.3, -0.25) is 9.69 Å². The predicted octanol–water partition coefficient (Wildman–Crippen LogP) is 5.35. The molecule has 1 unspecified atom stereocenters. The lowest BCUT2D eigenvalue weighted by Crippen LogP contribution is -2.47. The van der Waals surface area contributed by atoms with Gasteiger partial charge in [-0.2, -0.15) is 4.98 Å². The molecule has 3 heterocycles. The Bertz CT molecular complexity index is 1560. The van der Waals surface area contributed by atoms with Crippen molar-refractivity contribution >= 4 is 46.5 Å². The van der Waals surface area contributed by atoms with E-state index in [1.165, 1.54) is 0 Å². The predicted molar refractivity (Wildman–Crippen MR) is 159 cm³/mol. The van der Waals surface area contributed by atoms with Gasteiger partial charge in [-0.1, -0.05) is 30.3 Å². The summed E-state index contributed by atoms with van der Waals surface area (Å²) in [7, 11) is 1.60. The van der Waals surface area contributed by atoms with E-state index in [4.69, 9.17) is 15.5 Å². The van der Waals surface area contributed by atoms with Crippen LogP contribution < -0.4 is 30.5 Å². The van der Waals surface area contributed by atoms with Gasteiger partial charge in [0.15, 0.2) is 5.82 Å². The number of carbonyl (C=O) groups is 2. The van der Waals surface area contributed by atoms with Crippen LogP contribution in [0.4, 0.5) is 39.3 Å². The molecule has 0 saturated heterocycles. The summed E-state index contributed by atoms with van der Waals surface area (Å²) in [5.41, 5.74) is 9.32. The number of para-hydroxylation sites is 3. The molecular formula is C31H31N7O3. The van der Waals surface area contributed by atoms with Crippen molar-refractivity contribution in [2.45, 2.75) is 31.8 Å². The Morgan fingerprint density at radius 1 is 0.927 bits per heavy atom. The summed E-state index contributed by atoms with van der Waals surface area (Å²) in [4.78, 5) is 42.2. The molecule has 0 spiro atoms. The summed E-state index contributed by atoms with van der Waals surface area (Å²) in [6, 6.07) is 23.6. The number of hydrogen-bond acceptors (Lipinski definition) is 7. The molecule has 4 aromatic rings. The van der Waals surface area contributed by atoms with Crippen LogP contribution in [0.2, 0.25) is 0 Å². The van der Waals surface area contributed by atoms with Gasteiger partial charge in [0.2, 0.25) is 5.95 Å². The van der Waals surface area contributed by atoms with E-state index in [2.05, 4.69) is 10.3 Å². The van der Waals surface area contributed by atoms with Crippen LogP contribution in [0.1, 0.15) is 24.8 Å². The van der Waals surface area contributed by atoms with Gasteiger partial charge >= 0.3 is 6.03 Å². The van der Waals surface area contributed by atoms with Gasteiger partial charge in [-0.25, -0.2) is 19.6 Å². The number of benzene rings is 3. The zero-order valence-electron chi connectivity index (χ0n) is 22.7. The number of nitrogens with two attached hydrogens (primary N) is 1. The van der Waals surface area contributed by atoms with Gasteiger partial charge < -0.3 is 15.8 Å². The smallest absolute Gasteiger partial charge is 0.335 e. The molecule has 208 valence electrons. The van der Waals surface area contributed by atoms with Crippen LogP contribution in [0.15, 0.2) is 85.1 Å². The Kier molecular flexibility index (Phi) is 7.22. The number of anilines is 6. The van der Waals surface area contributed by atoms with E-state index in [0.717, 1.165) is 29.8 Å². The normalized spacial score (nSPS) is 16.2. The average Bonchev–Trinajstić information content (AvgIpc) is 3.01. The molecule has 0 fully saturated rings. The molecule has 3 aromatic carbocycles. The van der Waals surface area contributed by atoms with Crippen molar-refractivity contribution in [3.63, 3.8) is 0 Å². The number of ether oxygens (including phenoxy) is 1. The van der Waals surface area contributed by atoms with E-state index in [1.54, 1.807) is 28.0 Å². The van der Waals surface area contributed by atoms with Crippen molar-refractivity contribution in [3.05, 3.63) is 90.6 Å². The van der Waals surface area contributed by atoms with Crippen LogP contribution in [0.3, 0.4) is 0 Å². The largest absolute Gasteiger partial charge is 0.497 e. The van der Waals surface area contributed by atoms with E-state index in [9.17, 15) is 9.59 Å². The third kappa shape index (κ3) is 4.93. The Morgan fingerprint density at radius 3 is 2.44 bits per heavy atom. The Labute approximate surface area is 238 Å². The molecule has 0 bridgehead atoms. The SMILES string of the molecule is COc1ccc(N2Cc3cnc(N4C(=O)C(CCCCN)Nc5ccccc54)nc3N(c3ccccc3)C2=O)cc1. The lowest BCUT2D eigenvalue weighted by Gasteiger charge is -2.37. The molecule has 10 heteroatoms. The van der Waals surface area contributed by atoms with Crippen molar-refractivity contribution in [2.75, 3.05) is 33.7 Å². The number of aromatic nitrogens is 2. The minimum absolute atomic E-state index is 0.145. The van der Waals surface area contributed by atoms with Crippen molar-refractivity contribution in [1.29, 1.82) is 0 Å². The first-order valence-corrected chi connectivity index (χ1v) is 13.7. The molecule has 0 saturated carbocycles. The first-order valence-electron chi connectivity index (χ1n) is 13.7. The molecule has 3 amide bonds. The summed E-state index contributed by atoms with van der Waals surface area (Å²) >= 11 is 0. The number of rotatable bonds is 8. The zero-order chi connectivity index (χ0) is 28.3. The summed E-state index contributed by atoms with van der Waals surface area (Å²) in [6.45, 7) is 0.851. The molecule has 2 aliphatic heterocycles. The minimum atomic E-state index is -0.437. The van der Waals surface area contributed by atoms with E-state index in [1.807, 2.05) is 78.9 Å². The van der Waals surface area contributed by atoms with E-state index in [0.29, 0.717) is 35.9 Å². The van der Waals surface area contributed by atoms with Crippen molar-refractivity contribution in [2.24, 2.45) is 5.73 Å². The fourth-order valence-electron chi connectivity index (χ4n) is 5.23. The topological polar surface area (TPSA) is 117 Å². The van der Waals surface area contributed by atoms with Crippen LogP contribution in [-0.2, 0) is 11.3 Å². The molecule has 3 N–H and O–H groups in total. The number of fused-ring (bicyclic) bond motifs is 2. The highest BCUT2D eigenvalue weighted by Gasteiger charge is 2.38. The first kappa shape index (κ1) is 26.3. The second-order valence-electron chi connectivity index (χ2n) is 9.93. The fourth-order valence-corrected chi connectivity index (χ4v) is 5.23. The van der Waals surface area contributed by atoms with Gasteiger partial charge in [0, 0.05) is 17.4 Å².